The number of fused-ring (bicyclic) bond motifs is 2. The molecular formula is C24H30ClFN4O4S. The van der Waals surface area contributed by atoms with Gasteiger partial charge >= 0.3 is 6.03 Å². The summed E-state index contributed by atoms with van der Waals surface area (Å²) in [6.07, 6.45) is 3.90. The van der Waals surface area contributed by atoms with E-state index in [4.69, 9.17) is 11.6 Å². The number of benzene rings is 2. The van der Waals surface area contributed by atoms with Crippen LogP contribution in [0.4, 0.5) is 20.6 Å². The number of carbonyl (C=O) groups is 1. The Bertz CT molecular complexity index is 1210. The number of carbonyl (C=O) groups excluding carboxylic acids is 1. The van der Waals surface area contributed by atoms with Gasteiger partial charge in [0.05, 0.1) is 10.7 Å². The van der Waals surface area contributed by atoms with E-state index in [0.717, 1.165) is 25.8 Å². The van der Waals surface area contributed by atoms with Crippen molar-refractivity contribution >= 4 is 39.0 Å². The number of sulfonamides is 1. The number of nitrogens with one attached hydrogen (secondary N) is 3. The van der Waals surface area contributed by atoms with Crippen molar-refractivity contribution in [3.8, 4) is 5.75 Å². The molecule has 2 fully saturated rings. The molecule has 2 aromatic rings. The van der Waals surface area contributed by atoms with Crippen LogP contribution in [-0.4, -0.2) is 48.5 Å². The molecule has 1 unspecified atom stereocenters. The van der Waals surface area contributed by atoms with Crippen LogP contribution < -0.4 is 16.0 Å². The second-order valence-corrected chi connectivity index (χ2v) is 11.3. The lowest BCUT2D eigenvalue weighted by atomic mass is 10.00. The normalized spacial score (nSPS) is 22.2. The summed E-state index contributed by atoms with van der Waals surface area (Å²) in [6.45, 7) is 4.49. The maximum atomic E-state index is 13.8. The second-order valence-electron chi connectivity index (χ2n) is 9.11. The summed E-state index contributed by atoms with van der Waals surface area (Å²) in [7, 11) is -4.13. The third-order valence-corrected chi connectivity index (χ3v) is 9.24. The van der Waals surface area contributed by atoms with Crippen LogP contribution in [0.15, 0.2) is 35.2 Å². The first-order valence-electron chi connectivity index (χ1n) is 11.7. The van der Waals surface area contributed by atoms with Crippen LogP contribution in [0.3, 0.4) is 0 Å². The third-order valence-electron chi connectivity index (χ3n) is 6.73. The number of amides is 2. The highest BCUT2D eigenvalue weighted by atomic mass is 35.5. The van der Waals surface area contributed by atoms with E-state index in [2.05, 4.69) is 22.9 Å². The van der Waals surface area contributed by atoms with Crippen LogP contribution in [0.1, 0.15) is 44.6 Å². The monoisotopic (exact) mass is 524 g/mol. The molecule has 4 rings (SSSR count). The molecule has 2 aromatic carbocycles. The van der Waals surface area contributed by atoms with Gasteiger partial charge in [0.25, 0.3) is 0 Å². The number of nitrogens with zero attached hydrogens (tertiary/aromatic N) is 1. The van der Waals surface area contributed by atoms with Crippen molar-refractivity contribution in [3.05, 3.63) is 46.7 Å². The van der Waals surface area contributed by atoms with Crippen molar-refractivity contribution in [2.24, 2.45) is 0 Å². The predicted molar refractivity (Wildman–Crippen MR) is 134 cm³/mol. The first kappa shape index (κ1) is 25.7. The minimum absolute atomic E-state index is 0.119. The topological polar surface area (TPSA) is 111 Å². The molecule has 0 radical (unpaired) electrons. The maximum absolute atomic E-state index is 13.8. The second kappa shape index (κ2) is 10.3. The van der Waals surface area contributed by atoms with Gasteiger partial charge < -0.3 is 21.1 Å². The number of halogens is 2. The number of phenolic OH excluding ortho intramolecular Hbond substituents is 1. The van der Waals surface area contributed by atoms with Crippen molar-refractivity contribution in [3.63, 3.8) is 0 Å². The smallest absolute Gasteiger partial charge is 0.323 e. The first-order valence-corrected chi connectivity index (χ1v) is 13.6. The fourth-order valence-electron chi connectivity index (χ4n) is 5.06. The molecule has 35 heavy (non-hydrogen) atoms. The quantitative estimate of drug-likeness (QED) is 0.388. The minimum atomic E-state index is -4.13. The molecule has 2 bridgehead atoms. The van der Waals surface area contributed by atoms with E-state index in [9.17, 15) is 22.7 Å². The average molecular weight is 525 g/mol. The van der Waals surface area contributed by atoms with E-state index in [-0.39, 0.29) is 40.1 Å². The van der Waals surface area contributed by atoms with E-state index in [1.165, 1.54) is 41.6 Å². The Kier molecular flexibility index (Phi) is 7.56. The molecule has 8 nitrogen and oxygen atoms in total. The summed E-state index contributed by atoms with van der Waals surface area (Å²) in [5.74, 6) is -1.11. The Balaban J connectivity index is 1.57. The van der Waals surface area contributed by atoms with E-state index >= 15 is 0 Å². The Morgan fingerprint density at radius 1 is 1.14 bits per heavy atom. The summed E-state index contributed by atoms with van der Waals surface area (Å²) in [5, 5.41) is 19.2. The zero-order valence-electron chi connectivity index (χ0n) is 19.6. The van der Waals surface area contributed by atoms with Crippen molar-refractivity contribution in [1.82, 2.24) is 9.62 Å². The van der Waals surface area contributed by atoms with Gasteiger partial charge in [-0.2, -0.15) is 4.31 Å². The molecule has 2 amide bonds. The molecule has 11 heteroatoms. The van der Waals surface area contributed by atoms with E-state index in [1.54, 1.807) is 0 Å². The van der Waals surface area contributed by atoms with Gasteiger partial charge in [-0.05, 0) is 69.8 Å². The molecule has 0 aliphatic carbocycles. The summed E-state index contributed by atoms with van der Waals surface area (Å²) < 4.78 is 42.7. The van der Waals surface area contributed by atoms with Crippen LogP contribution in [-0.2, 0) is 10.0 Å². The number of urea groups is 1. The van der Waals surface area contributed by atoms with Gasteiger partial charge in [0.15, 0.2) is 5.75 Å². The van der Waals surface area contributed by atoms with Crippen molar-refractivity contribution in [2.75, 3.05) is 17.2 Å². The molecule has 4 N–H and O–H groups in total. The van der Waals surface area contributed by atoms with Gasteiger partial charge in [0, 0.05) is 29.4 Å². The lowest BCUT2D eigenvalue weighted by Crippen LogP contribution is -2.51. The fraction of sp³-hybridized carbons (Fsp3) is 0.458. The Labute approximate surface area is 209 Å². The third kappa shape index (κ3) is 5.11. The average Bonchev–Trinajstić information content (AvgIpc) is 3.09. The number of aromatic hydroxyl groups is 1. The molecule has 3 atom stereocenters. The molecule has 0 spiro atoms. The summed E-state index contributed by atoms with van der Waals surface area (Å²) in [5.41, 5.74) is 0.379. The van der Waals surface area contributed by atoms with Crippen LogP contribution in [0.25, 0.3) is 0 Å². The lowest BCUT2D eigenvalue weighted by Gasteiger charge is -2.38. The van der Waals surface area contributed by atoms with E-state index in [0.29, 0.717) is 12.8 Å². The highest BCUT2D eigenvalue weighted by Gasteiger charge is 2.48. The standard InChI is InChI=1S/C24H30ClFN4O4S/c1-3-11-27-15-12-16-7-8-17(13-15)30(16)35(33,34)23-18(25)9-10-21(22(23)31)29-24(32)28-20-6-4-5-19(26)14(20)2/h4-6,9-10,15-17,27,31H,3,7-8,11-13H2,1-2H3,(H2,28,29,32)/t15?,16-,17+. The molecular weight excluding hydrogens is 495 g/mol. The van der Waals surface area contributed by atoms with E-state index < -0.39 is 32.5 Å². The number of hydrogen-bond acceptors (Lipinski definition) is 5. The van der Waals surface area contributed by atoms with Crippen molar-refractivity contribution in [1.29, 1.82) is 0 Å². The highest BCUT2D eigenvalue weighted by molar-refractivity contribution is 7.89. The van der Waals surface area contributed by atoms with Gasteiger partial charge in [-0.25, -0.2) is 17.6 Å². The maximum Gasteiger partial charge on any atom is 0.323 e. The Hall–Kier alpha value is -2.40. The molecule has 190 valence electrons. The summed E-state index contributed by atoms with van der Waals surface area (Å²) >= 11 is 6.27. The summed E-state index contributed by atoms with van der Waals surface area (Å²) in [4.78, 5) is 12.1. The van der Waals surface area contributed by atoms with Crippen molar-refractivity contribution in [2.45, 2.75) is 69.0 Å². The number of piperidine rings is 1. The van der Waals surface area contributed by atoms with Gasteiger partial charge in [-0.15, -0.1) is 0 Å². The minimum Gasteiger partial charge on any atom is -0.504 e. The van der Waals surface area contributed by atoms with Crippen LogP contribution in [0.5, 0.6) is 5.75 Å². The summed E-state index contributed by atoms with van der Waals surface area (Å²) in [6, 6.07) is 6.05. The molecule has 2 aliphatic heterocycles. The number of anilines is 2. The number of rotatable bonds is 7. The van der Waals surface area contributed by atoms with Gasteiger partial charge in [-0.3, -0.25) is 0 Å². The fourth-order valence-corrected chi connectivity index (χ4v) is 7.55. The predicted octanol–water partition coefficient (Wildman–Crippen LogP) is 4.82. The van der Waals surface area contributed by atoms with Gasteiger partial charge in [0.1, 0.15) is 10.7 Å². The SMILES string of the molecule is CCCNC1C[C@H]2CC[C@@H](C1)N2S(=O)(=O)c1c(Cl)ccc(NC(=O)Nc2cccc(F)c2C)c1O. The zero-order chi connectivity index (χ0) is 25.3. The Morgan fingerprint density at radius 3 is 2.46 bits per heavy atom. The zero-order valence-corrected chi connectivity index (χ0v) is 21.2. The van der Waals surface area contributed by atoms with E-state index in [1.807, 2.05) is 0 Å². The molecule has 2 aliphatic rings. The van der Waals surface area contributed by atoms with Gasteiger partial charge in [-0.1, -0.05) is 24.6 Å². The molecule has 2 saturated heterocycles. The first-order chi connectivity index (χ1) is 16.6. The number of phenols is 1. The highest BCUT2D eigenvalue weighted by Crippen LogP contribution is 2.45. The Morgan fingerprint density at radius 2 is 1.80 bits per heavy atom. The lowest BCUT2D eigenvalue weighted by molar-refractivity contribution is 0.207. The largest absolute Gasteiger partial charge is 0.504 e. The van der Waals surface area contributed by atoms with Crippen LogP contribution in [0, 0.1) is 12.7 Å². The van der Waals surface area contributed by atoms with Crippen LogP contribution >= 0.6 is 11.6 Å². The van der Waals surface area contributed by atoms with Crippen LogP contribution in [0.2, 0.25) is 5.02 Å². The van der Waals surface area contributed by atoms with Gasteiger partial charge in [0.2, 0.25) is 10.0 Å². The number of hydrogen-bond donors (Lipinski definition) is 4. The molecule has 0 aromatic heterocycles. The van der Waals surface area contributed by atoms with Crippen molar-refractivity contribution < 1.29 is 22.7 Å². The molecule has 0 saturated carbocycles. The molecule has 2 heterocycles.